The van der Waals surface area contributed by atoms with Crippen LogP contribution in [0.1, 0.15) is 35.1 Å². The fourth-order valence-corrected chi connectivity index (χ4v) is 3.28. The first kappa shape index (κ1) is 18.1. The van der Waals surface area contributed by atoms with Crippen LogP contribution in [0.4, 0.5) is 0 Å². The highest BCUT2D eigenvalue weighted by atomic mass is 14.7. The van der Waals surface area contributed by atoms with Crippen molar-refractivity contribution in [1.82, 2.24) is 0 Å². The van der Waals surface area contributed by atoms with E-state index < -0.39 is 0 Å². The summed E-state index contributed by atoms with van der Waals surface area (Å²) in [6.45, 7) is 0. The molecule has 6 nitrogen and oxygen atoms in total. The first-order valence-corrected chi connectivity index (χ1v) is 8.56. The molecule has 0 saturated heterocycles. The van der Waals surface area contributed by atoms with Gasteiger partial charge in [0, 0.05) is 16.7 Å². The van der Waals surface area contributed by atoms with Gasteiger partial charge in [0.2, 0.25) is 0 Å². The molecule has 3 rings (SSSR count). The van der Waals surface area contributed by atoms with Gasteiger partial charge in [-0.15, -0.1) is 0 Å². The maximum Gasteiger partial charge on any atom is 0.123 e. The molecular weight excluding hydrogens is 336 g/mol. The molecule has 0 aliphatic heterocycles. The minimum atomic E-state index is 0.0153. The van der Waals surface area contributed by atoms with Gasteiger partial charge in [-0.25, -0.2) is 0 Å². The van der Waals surface area contributed by atoms with E-state index in [1.807, 2.05) is 42.5 Å². The number of hydrogen-bond acceptors (Lipinski definition) is 3. The number of hydrogen-bond donors (Lipinski definition) is 6. The van der Waals surface area contributed by atoms with Crippen LogP contribution in [0.3, 0.4) is 0 Å². The maximum atomic E-state index is 8.00. The van der Waals surface area contributed by atoms with Gasteiger partial charge in [0.15, 0.2) is 0 Å². The topological polar surface area (TPSA) is 150 Å². The first-order valence-electron chi connectivity index (χ1n) is 8.56. The van der Waals surface area contributed by atoms with E-state index in [2.05, 4.69) is 0 Å². The zero-order chi connectivity index (χ0) is 19.6. The van der Waals surface area contributed by atoms with Crippen LogP contribution in [0.2, 0.25) is 0 Å². The summed E-state index contributed by atoms with van der Waals surface area (Å²) in [5.74, 6) is 0.0725. The third-order valence-electron chi connectivity index (χ3n) is 4.63. The lowest BCUT2D eigenvalue weighted by atomic mass is 9.82. The van der Waals surface area contributed by atoms with E-state index in [1.165, 1.54) is 0 Å². The van der Waals surface area contributed by atoms with Gasteiger partial charge in [-0.2, -0.15) is 0 Å². The van der Waals surface area contributed by atoms with Crippen molar-refractivity contribution in [2.24, 2.45) is 17.2 Å². The Labute approximate surface area is 157 Å². The Morgan fingerprint density at radius 2 is 1.15 bits per heavy atom. The van der Waals surface area contributed by atoms with E-state index in [-0.39, 0.29) is 17.5 Å². The summed E-state index contributed by atoms with van der Waals surface area (Å²) < 4.78 is 0. The highest BCUT2D eigenvalue weighted by molar-refractivity contribution is 6.16. The van der Waals surface area contributed by atoms with Gasteiger partial charge in [0.05, 0.1) is 0 Å². The van der Waals surface area contributed by atoms with Crippen LogP contribution in [0.5, 0.6) is 0 Å². The molecule has 0 aromatic heterocycles. The molecule has 1 aliphatic carbocycles. The van der Waals surface area contributed by atoms with Gasteiger partial charge in [0.25, 0.3) is 0 Å². The minimum Gasteiger partial charge on any atom is -0.384 e. The van der Waals surface area contributed by atoms with Crippen LogP contribution in [0.15, 0.2) is 60.2 Å². The second kappa shape index (κ2) is 7.29. The molecule has 136 valence electrons. The normalized spacial score (nSPS) is 13.9. The minimum absolute atomic E-state index is 0.0153. The molecule has 0 bridgehead atoms. The second-order valence-corrected chi connectivity index (χ2v) is 6.41. The highest BCUT2D eigenvalue weighted by Gasteiger charge is 2.21. The third kappa shape index (κ3) is 3.64. The molecule has 9 N–H and O–H groups in total. The monoisotopic (exact) mass is 358 g/mol. The standard InChI is InChI=1S/C21H22N6/c22-19(23)14-8-4-12(5-9-14)16-2-1-3-17(21(26)27)18(16)13-6-10-15(11-7-13)20(24)25/h3-11H,1-2H2,(H3,22,23)(H3,24,25)(H3,26,27). The van der Waals surface area contributed by atoms with Crippen LogP contribution in [0.25, 0.3) is 11.1 Å². The van der Waals surface area contributed by atoms with E-state index >= 15 is 0 Å². The van der Waals surface area contributed by atoms with E-state index in [1.54, 1.807) is 12.1 Å². The van der Waals surface area contributed by atoms with E-state index in [4.69, 9.17) is 33.4 Å². The Morgan fingerprint density at radius 3 is 1.59 bits per heavy atom. The molecule has 0 atom stereocenters. The van der Waals surface area contributed by atoms with Crippen LogP contribution in [-0.4, -0.2) is 17.5 Å². The van der Waals surface area contributed by atoms with Gasteiger partial charge < -0.3 is 17.2 Å². The Balaban J connectivity index is 2.16. The summed E-state index contributed by atoms with van der Waals surface area (Å²) in [4.78, 5) is 0. The molecular formula is C21H22N6. The summed E-state index contributed by atoms with van der Waals surface area (Å²) in [5.41, 5.74) is 22.9. The zero-order valence-corrected chi connectivity index (χ0v) is 14.8. The molecule has 6 heteroatoms. The number of benzene rings is 2. The fraction of sp³-hybridized carbons (Fsp3) is 0.0952. The third-order valence-corrected chi connectivity index (χ3v) is 4.63. The Bertz CT molecular complexity index is 978. The predicted octanol–water partition coefficient (Wildman–Crippen LogP) is 2.82. The number of nitrogens with two attached hydrogens (primary N) is 3. The highest BCUT2D eigenvalue weighted by Crippen LogP contribution is 2.38. The Morgan fingerprint density at radius 1 is 0.667 bits per heavy atom. The summed E-state index contributed by atoms with van der Waals surface area (Å²) in [6.07, 6.45) is 3.61. The van der Waals surface area contributed by atoms with Crippen molar-refractivity contribution in [2.75, 3.05) is 0 Å². The van der Waals surface area contributed by atoms with Gasteiger partial charge in [0.1, 0.15) is 17.5 Å². The van der Waals surface area contributed by atoms with Crippen LogP contribution >= 0.6 is 0 Å². The molecule has 0 heterocycles. The fourth-order valence-electron chi connectivity index (χ4n) is 3.28. The number of nitrogens with one attached hydrogen (secondary N) is 3. The molecule has 27 heavy (non-hydrogen) atoms. The van der Waals surface area contributed by atoms with Crippen LogP contribution < -0.4 is 17.2 Å². The molecule has 0 spiro atoms. The van der Waals surface area contributed by atoms with Crippen molar-refractivity contribution < 1.29 is 0 Å². The van der Waals surface area contributed by atoms with Gasteiger partial charge in [-0.1, -0.05) is 54.6 Å². The van der Waals surface area contributed by atoms with E-state index in [0.29, 0.717) is 16.7 Å². The van der Waals surface area contributed by atoms with Gasteiger partial charge in [-0.05, 0) is 35.1 Å². The van der Waals surface area contributed by atoms with Crippen molar-refractivity contribution in [2.45, 2.75) is 12.8 Å². The van der Waals surface area contributed by atoms with Crippen LogP contribution in [-0.2, 0) is 0 Å². The van der Waals surface area contributed by atoms with E-state index in [9.17, 15) is 0 Å². The lowest BCUT2D eigenvalue weighted by molar-refractivity contribution is 1.05. The number of rotatable bonds is 5. The van der Waals surface area contributed by atoms with Crippen LogP contribution in [0, 0.1) is 16.2 Å². The summed E-state index contributed by atoms with van der Waals surface area (Å²) in [5, 5.41) is 23.1. The molecule has 0 radical (unpaired) electrons. The lowest BCUT2D eigenvalue weighted by Crippen LogP contribution is -2.17. The van der Waals surface area contributed by atoms with Crippen molar-refractivity contribution >= 4 is 28.7 Å². The largest absolute Gasteiger partial charge is 0.384 e. The first-order chi connectivity index (χ1) is 12.9. The average molecular weight is 358 g/mol. The summed E-state index contributed by atoms with van der Waals surface area (Å²) >= 11 is 0. The van der Waals surface area contributed by atoms with Crippen molar-refractivity contribution in [3.8, 4) is 0 Å². The average Bonchev–Trinajstić information content (AvgIpc) is 2.67. The second-order valence-electron chi connectivity index (χ2n) is 6.41. The maximum absolute atomic E-state index is 8.00. The van der Waals surface area contributed by atoms with Crippen molar-refractivity contribution in [1.29, 1.82) is 16.2 Å². The van der Waals surface area contributed by atoms with Gasteiger partial charge >= 0.3 is 0 Å². The van der Waals surface area contributed by atoms with Crippen molar-refractivity contribution in [3.63, 3.8) is 0 Å². The molecule has 2 aromatic carbocycles. The summed E-state index contributed by atoms with van der Waals surface area (Å²) in [6, 6.07) is 14.9. The molecule has 0 saturated carbocycles. The van der Waals surface area contributed by atoms with E-state index in [0.717, 1.165) is 35.1 Å². The Hall–Kier alpha value is -3.67. The quantitative estimate of drug-likeness (QED) is 0.360. The predicted molar refractivity (Wildman–Crippen MR) is 111 cm³/mol. The smallest absolute Gasteiger partial charge is 0.123 e. The summed E-state index contributed by atoms with van der Waals surface area (Å²) in [7, 11) is 0. The molecule has 2 aromatic rings. The molecule has 0 unspecified atom stereocenters. The molecule has 0 amide bonds. The number of amidine groups is 3. The van der Waals surface area contributed by atoms with Crippen molar-refractivity contribution in [3.05, 3.63) is 82.4 Å². The molecule has 0 fully saturated rings. The Kier molecular flexibility index (Phi) is 4.90. The zero-order valence-electron chi connectivity index (χ0n) is 14.8. The number of allylic oxidation sites excluding steroid dienone is 2. The van der Waals surface area contributed by atoms with Gasteiger partial charge in [-0.3, -0.25) is 16.2 Å². The number of nitrogen functional groups attached to an aromatic ring is 2. The SMILES string of the molecule is N=C(N)C1=CCCC(c2ccc(C(=N)N)cc2)=C1c1ccc(C(=N)N)cc1. The molecule has 1 aliphatic rings. The lowest BCUT2D eigenvalue weighted by Gasteiger charge is -2.23.